The van der Waals surface area contributed by atoms with Gasteiger partial charge in [0.15, 0.2) is 5.52 Å². The van der Waals surface area contributed by atoms with Crippen molar-refractivity contribution in [2.24, 2.45) is 0 Å². The van der Waals surface area contributed by atoms with Crippen molar-refractivity contribution in [3.63, 3.8) is 0 Å². The summed E-state index contributed by atoms with van der Waals surface area (Å²) in [5.41, 5.74) is -8.54. The fraction of sp³-hybridized carbons (Fsp3) is 0.125. The van der Waals surface area contributed by atoms with Crippen molar-refractivity contribution in [2.75, 3.05) is 0 Å². The number of benzene rings is 2. The van der Waals surface area contributed by atoms with Gasteiger partial charge in [0.25, 0.3) is 5.69 Å². The van der Waals surface area contributed by atoms with Crippen LogP contribution in [0.15, 0.2) is 30.3 Å². The molecule has 1 aromatic heterocycles. The maximum absolute atomic E-state index is 13.7. The number of carbonyl (C=O) groups excluding carboxylic acids is 1. The average Bonchev–Trinajstić information content (AvgIpc) is 3.05. The Balaban J connectivity index is 2.56. The first-order valence-corrected chi connectivity index (χ1v) is 7.99. The first kappa shape index (κ1) is 22.4. The molecule has 0 amide bonds. The molecule has 0 radical (unpaired) electrons. The molecule has 0 saturated carbocycles. The van der Waals surface area contributed by atoms with Gasteiger partial charge in [0.1, 0.15) is 6.09 Å². The Morgan fingerprint density at radius 3 is 1.91 bits per heavy atom. The van der Waals surface area contributed by atoms with Crippen LogP contribution in [0.2, 0.25) is 0 Å². The zero-order valence-electron chi connectivity index (χ0n) is 14.9. The first-order chi connectivity index (χ1) is 14.6. The number of rotatable bonds is 3. The Bertz CT molecular complexity index is 1280. The second-order valence-electron chi connectivity index (χ2n) is 6.11. The van der Waals surface area contributed by atoms with Crippen LogP contribution in [-0.2, 0) is 12.4 Å². The molecule has 1 heterocycles. The first-order valence-electron chi connectivity index (χ1n) is 7.99. The summed E-state index contributed by atoms with van der Waals surface area (Å²) in [6.07, 6.45) is -13.5. The number of imidazole rings is 1. The summed E-state index contributed by atoms with van der Waals surface area (Å²) < 4.78 is 80.2. The number of non-ortho nitro benzene ring substituents is 1. The van der Waals surface area contributed by atoms with Crippen LogP contribution in [0.25, 0.3) is 22.2 Å². The molecule has 32 heavy (non-hydrogen) atoms. The molecule has 16 heteroatoms. The topological polar surface area (TPSA) is 144 Å². The van der Waals surface area contributed by atoms with E-state index >= 15 is 0 Å². The molecule has 2 aromatic carbocycles. The summed E-state index contributed by atoms with van der Waals surface area (Å²) in [5, 5.41) is 33.6. The van der Waals surface area contributed by atoms with Crippen LogP contribution in [0, 0.1) is 20.2 Å². The predicted octanol–water partition coefficient (Wildman–Crippen LogP) is 3.75. The van der Waals surface area contributed by atoms with Gasteiger partial charge in [-0.15, -0.1) is 0 Å². The molecule has 168 valence electrons. The second kappa shape index (κ2) is 7.17. The number of halogens is 6. The third-order valence-electron chi connectivity index (χ3n) is 4.22. The van der Waals surface area contributed by atoms with Gasteiger partial charge in [-0.3, -0.25) is 24.8 Å². The Morgan fingerprint density at radius 1 is 0.938 bits per heavy atom. The lowest BCUT2D eigenvalue weighted by atomic mass is 9.96. The highest BCUT2D eigenvalue weighted by Gasteiger charge is 2.44. The Morgan fingerprint density at radius 2 is 1.50 bits per heavy atom. The smallest absolute Gasteiger partial charge is 0.450 e. The predicted molar refractivity (Wildman–Crippen MR) is 89.3 cm³/mol. The van der Waals surface area contributed by atoms with E-state index in [-0.39, 0.29) is 6.07 Å². The fourth-order valence-electron chi connectivity index (χ4n) is 3.01. The average molecular weight is 463 g/mol. The zero-order valence-corrected chi connectivity index (χ0v) is 14.9. The van der Waals surface area contributed by atoms with Gasteiger partial charge in [0.2, 0.25) is 5.82 Å². The monoisotopic (exact) mass is 463 g/mol. The second-order valence-corrected chi connectivity index (χ2v) is 6.11. The van der Waals surface area contributed by atoms with Crippen molar-refractivity contribution in [3.8, 4) is 11.1 Å². The van der Waals surface area contributed by atoms with Crippen LogP contribution in [-0.4, -0.2) is 25.5 Å². The quantitative estimate of drug-likeness (QED) is 0.327. The summed E-state index contributed by atoms with van der Waals surface area (Å²) in [6, 6.07) is 2.86. The number of alkyl halides is 6. The van der Waals surface area contributed by atoms with Gasteiger partial charge >= 0.3 is 18.0 Å². The molecule has 3 aromatic rings. The zero-order chi connectivity index (χ0) is 24.2. The van der Waals surface area contributed by atoms with Crippen LogP contribution in [0.4, 0.5) is 42.5 Å². The van der Waals surface area contributed by atoms with E-state index in [2.05, 4.69) is 4.98 Å². The van der Waals surface area contributed by atoms with Gasteiger partial charge in [-0.1, -0.05) is 0 Å². The standard InChI is InChI=1S/C16H6F6N4O6/c17-15(18,19)8-5-9-11(23-13(16(20,21)22)24(9)14(27)28)12(26(31)32)10(8)6-1-3-7(4-2-6)25(29)30/h1-5H,(H,27,28)/p-1. The highest BCUT2D eigenvalue weighted by atomic mass is 19.4. The largest absolute Gasteiger partial charge is 0.529 e. The normalized spacial score (nSPS) is 12.2. The summed E-state index contributed by atoms with van der Waals surface area (Å²) in [6.45, 7) is 0. The number of nitro benzene ring substituents is 2. The van der Waals surface area contributed by atoms with Gasteiger partial charge < -0.3 is 9.90 Å². The van der Waals surface area contributed by atoms with Crippen LogP contribution >= 0.6 is 0 Å². The highest BCUT2D eigenvalue weighted by Crippen LogP contribution is 2.47. The Hall–Kier alpha value is -4.24. The molecule has 0 spiro atoms. The van der Waals surface area contributed by atoms with E-state index in [1.165, 1.54) is 0 Å². The van der Waals surface area contributed by atoms with E-state index in [0.29, 0.717) is 0 Å². The molecule has 0 fully saturated rings. The number of fused-ring (bicyclic) bond motifs is 1. The number of carboxylic acid groups (broad SMARTS) is 1. The lowest BCUT2D eigenvalue weighted by Gasteiger charge is -2.15. The number of aromatic nitrogens is 2. The van der Waals surface area contributed by atoms with E-state index in [1.54, 1.807) is 0 Å². The van der Waals surface area contributed by atoms with Crippen LogP contribution in [0.1, 0.15) is 11.4 Å². The van der Waals surface area contributed by atoms with Crippen molar-refractivity contribution >= 4 is 28.5 Å². The molecule has 0 N–H and O–H groups in total. The number of carbonyl (C=O) groups is 1. The van der Waals surface area contributed by atoms with E-state index in [1.807, 2.05) is 0 Å². The third kappa shape index (κ3) is 3.65. The summed E-state index contributed by atoms with van der Waals surface area (Å²) in [7, 11) is 0. The van der Waals surface area contributed by atoms with Crippen molar-refractivity contribution in [3.05, 3.63) is 61.9 Å². The minimum Gasteiger partial charge on any atom is -0.529 e. The molecule has 0 aliphatic heterocycles. The van der Waals surface area contributed by atoms with Crippen LogP contribution in [0.3, 0.4) is 0 Å². The third-order valence-corrected chi connectivity index (χ3v) is 4.22. The van der Waals surface area contributed by atoms with Gasteiger partial charge in [0, 0.05) is 12.1 Å². The molecule has 0 saturated heterocycles. The van der Waals surface area contributed by atoms with E-state index < -0.39 is 77.8 Å². The summed E-state index contributed by atoms with van der Waals surface area (Å²) >= 11 is 0. The molecular weight excluding hydrogens is 458 g/mol. The van der Waals surface area contributed by atoms with Crippen molar-refractivity contribution in [1.29, 1.82) is 0 Å². The van der Waals surface area contributed by atoms with E-state index in [0.717, 1.165) is 24.3 Å². The maximum Gasteiger partial charge on any atom is 0.450 e. The maximum atomic E-state index is 13.7. The summed E-state index contributed by atoms with van der Waals surface area (Å²) in [4.78, 5) is 34.2. The minimum atomic E-state index is -5.52. The van der Waals surface area contributed by atoms with Gasteiger partial charge in [-0.05, 0) is 23.8 Å². The lowest BCUT2D eigenvalue weighted by molar-refractivity contribution is -0.384. The molecule has 0 bridgehead atoms. The fourth-order valence-corrected chi connectivity index (χ4v) is 3.01. The van der Waals surface area contributed by atoms with Gasteiger partial charge in [-0.2, -0.15) is 26.3 Å². The molecule has 0 unspecified atom stereocenters. The number of hydrogen-bond acceptors (Lipinski definition) is 7. The molecule has 10 nitrogen and oxygen atoms in total. The number of nitrogens with zero attached hydrogens (tertiary/aromatic N) is 4. The van der Waals surface area contributed by atoms with Crippen LogP contribution in [0.5, 0.6) is 0 Å². The number of nitro groups is 2. The SMILES string of the molecule is O=C([O-])n1c(C(F)(F)F)nc2c([N+](=O)[O-])c(-c3ccc([N+](=O)[O-])cc3)c(C(F)(F)F)cc21. The lowest BCUT2D eigenvalue weighted by Crippen LogP contribution is -2.32. The highest BCUT2D eigenvalue weighted by molar-refractivity contribution is 5.99. The summed E-state index contributed by atoms with van der Waals surface area (Å²) in [5.74, 6) is -2.25. The molecule has 0 aliphatic rings. The van der Waals surface area contributed by atoms with Gasteiger partial charge in [-0.25, -0.2) is 4.98 Å². The molecule has 0 aliphatic carbocycles. The van der Waals surface area contributed by atoms with Gasteiger partial charge in [0.05, 0.1) is 26.5 Å². The number of hydrogen-bond donors (Lipinski definition) is 0. The van der Waals surface area contributed by atoms with Crippen molar-refractivity contribution in [1.82, 2.24) is 9.55 Å². The van der Waals surface area contributed by atoms with E-state index in [9.17, 15) is 56.5 Å². The Kier molecular flexibility index (Phi) is 5.03. The molecule has 0 atom stereocenters. The Labute approximate surface area is 170 Å². The van der Waals surface area contributed by atoms with Crippen molar-refractivity contribution in [2.45, 2.75) is 12.4 Å². The minimum absolute atomic E-state index is 0.0445. The molecular formula is C16H5F6N4O6-. The van der Waals surface area contributed by atoms with Crippen LogP contribution < -0.4 is 5.11 Å². The molecule has 3 rings (SSSR count). The van der Waals surface area contributed by atoms with E-state index in [4.69, 9.17) is 0 Å². The van der Waals surface area contributed by atoms with Crippen molar-refractivity contribution < 1.29 is 46.1 Å².